The third-order valence-corrected chi connectivity index (χ3v) is 4.24. The molecule has 2 heterocycles. The van der Waals surface area contributed by atoms with Crippen LogP contribution in [0.15, 0.2) is 42.5 Å². The molecule has 4 rings (SSSR count). The van der Waals surface area contributed by atoms with E-state index in [1.54, 1.807) is 0 Å². The summed E-state index contributed by atoms with van der Waals surface area (Å²) >= 11 is 0. The molecule has 0 saturated carbocycles. The summed E-state index contributed by atoms with van der Waals surface area (Å²) in [6.45, 7) is 3.27. The van der Waals surface area contributed by atoms with E-state index in [0.29, 0.717) is 0 Å². The summed E-state index contributed by atoms with van der Waals surface area (Å²) in [5, 5.41) is 3.42. The lowest BCUT2D eigenvalue weighted by Crippen LogP contribution is -2.19. The lowest BCUT2D eigenvalue weighted by Gasteiger charge is -2.19. The number of anilines is 2. The van der Waals surface area contributed by atoms with Crippen molar-refractivity contribution in [2.24, 2.45) is 0 Å². The van der Waals surface area contributed by atoms with Crippen LogP contribution in [0, 0.1) is 0 Å². The molecule has 0 atom stereocenters. The number of benzene rings is 2. The molecule has 19 heavy (non-hydrogen) atoms. The van der Waals surface area contributed by atoms with Crippen molar-refractivity contribution < 1.29 is 0 Å². The van der Waals surface area contributed by atoms with Gasteiger partial charge in [-0.25, -0.2) is 0 Å². The van der Waals surface area contributed by atoms with Crippen LogP contribution in [-0.4, -0.2) is 13.1 Å². The fraction of sp³-hybridized carbons (Fsp3) is 0.294. The fourth-order valence-corrected chi connectivity index (χ4v) is 3.25. The third kappa shape index (κ3) is 1.88. The Balaban J connectivity index is 1.60. The molecule has 0 spiro atoms. The van der Waals surface area contributed by atoms with Crippen molar-refractivity contribution in [2.45, 2.75) is 19.4 Å². The van der Waals surface area contributed by atoms with Crippen LogP contribution in [0.2, 0.25) is 0 Å². The largest absolute Gasteiger partial charge is 0.384 e. The summed E-state index contributed by atoms with van der Waals surface area (Å²) in [6, 6.07) is 15.7. The van der Waals surface area contributed by atoms with Gasteiger partial charge in [-0.1, -0.05) is 30.3 Å². The number of hydrogen-bond acceptors (Lipinski definition) is 2. The molecule has 0 aromatic heterocycles. The van der Waals surface area contributed by atoms with Gasteiger partial charge in [0, 0.05) is 31.0 Å². The molecule has 2 nitrogen and oxygen atoms in total. The van der Waals surface area contributed by atoms with E-state index in [2.05, 4.69) is 52.7 Å². The zero-order chi connectivity index (χ0) is 12.7. The Morgan fingerprint density at radius 1 is 1.00 bits per heavy atom. The van der Waals surface area contributed by atoms with E-state index in [9.17, 15) is 0 Å². The molecular formula is C17H18N2. The number of rotatable bonds is 2. The molecule has 0 unspecified atom stereocenters. The Morgan fingerprint density at radius 2 is 1.95 bits per heavy atom. The summed E-state index contributed by atoms with van der Waals surface area (Å²) in [6.07, 6.45) is 2.35. The van der Waals surface area contributed by atoms with Crippen molar-refractivity contribution in [1.82, 2.24) is 0 Å². The summed E-state index contributed by atoms with van der Waals surface area (Å²) < 4.78 is 0. The van der Waals surface area contributed by atoms with Crippen molar-refractivity contribution in [3.63, 3.8) is 0 Å². The zero-order valence-corrected chi connectivity index (χ0v) is 11.0. The summed E-state index contributed by atoms with van der Waals surface area (Å²) in [5.41, 5.74) is 7.14. The molecule has 2 heteroatoms. The first-order chi connectivity index (χ1) is 9.40. The SMILES string of the molecule is c1ccc2c(c1)CCN2Cc1ccc2c(c1)CCN2. The minimum absolute atomic E-state index is 1.03. The van der Waals surface area contributed by atoms with Gasteiger partial charge in [0.25, 0.3) is 0 Å². The second-order valence-electron chi connectivity index (χ2n) is 5.47. The molecule has 0 fully saturated rings. The number of fused-ring (bicyclic) bond motifs is 2. The van der Waals surface area contributed by atoms with E-state index in [1.165, 1.54) is 40.9 Å². The first-order valence-corrected chi connectivity index (χ1v) is 7.09. The van der Waals surface area contributed by atoms with E-state index < -0.39 is 0 Å². The highest BCUT2D eigenvalue weighted by atomic mass is 15.1. The molecule has 0 radical (unpaired) electrons. The van der Waals surface area contributed by atoms with E-state index in [1.807, 2.05) is 0 Å². The highest BCUT2D eigenvalue weighted by Gasteiger charge is 2.19. The molecule has 1 N–H and O–H groups in total. The predicted octanol–water partition coefficient (Wildman–Crippen LogP) is 3.22. The second kappa shape index (κ2) is 4.30. The van der Waals surface area contributed by atoms with Gasteiger partial charge in [-0.05, 0) is 41.7 Å². The smallest absolute Gasteiger partial charge is 0.0429 e. The second-order valence-corrected chi connectivity index (χ2v) is 5.47. The predicted molar refractivity (Wildman–Crippen MR) is 79.8 cm³/mol. The van der Waals surface area contributed by atoms with Crippen LogP contribution in [0.1, 0.15) is 16.7 Å². The van der Waals surface area contributed by atoms with Crippen molar-refractivity contribution in [1.29, 1.82) is 0 Å². The molecule has 0 amide bonds. The average molecular weight is 250 g/mol. The number of nitrogens with zero attached hydrogens (tertiary/aromatic N) is 1. The van der Waals surface area contributed by atoms with Gasteiger partial charge >= 0.3 is 0 Å². The van der Waals surface area contributed by atoms with Crippen molar-refractivity contribution in [2.75, 3.05) is 23.3 Å². The average Bonchev–Trinajstić information content (AvgIpc) is 3.06. The van der Waals surface area contributed by atoms with E-state index >= 15 is 0 Å². The van der Waals surface area contributed by atoms with Gasteiger partial charge in [-0.3, -0.25) is 0 Å². The van der Waals surface area contributed by atoms with Gasteiger partial charge in [0.15, 0.2) is 0 Å². The number of nitrogens with one attached hydrogen (secondary N) is 1. The third-order valence-electron chi connectivity index (χ3n) is 4.24. The topological polar surface area (TPSA) is 15.3 Å². The van der Waals surface area contributed by atoms with Crippen molar-refractivity contribution >= 4 is 11.4 Å². The Kier molecular flexibility index (Phi) is 2.47. The Bertz CT molecular complexity index is 618. The van der Waals surface area contributed by atoms with Gasteiger partial charge in [0.1, 0.15) is 0 Å². The molecule has 2 aromatic carbocycles. The van der Waals surface area contributed by atoms with Gasteiger partial charge < -0.3 is 10.2 Å². The maximum Gasteiger partial charge on any atom is 0.0429 e. The standard InChI is InChI=1S/C17H18N2/c1-2-4-17-14(3-1)8-10-19(17)12-13-5-6-16-15(11-13)7-9-18-16/h1-6,11,18H,7-10,12H2. The van der Waals surface area contributed by atoms with E-state index in [0.717, 1.165) is 19.6 Å². The summed E-state index contributed by atoms with van der Waals surface area (Å²) in [4.78, 5) is 2.50. The first kappa shape index (κ1) is 10.9. The minimum atomic E-state index is 1.03. The van der Waals surface area contributed by atoms with Crippen LogP contribution < -0.4 is 10.2 Å². The molecule has 96 valence electrons. The van der Waals surface area contributed by atoms with Crippen molar-refractivity contribution in [3.05, 3.63) is 59.2 Å². The van der Waals surface area contributed by atoms with Gasteiger partial charge in [-0.15, -0.1) is 0 Å². The van der Waals surface area contributed by atoms with Crippen LogP contribution in [0.4, 0.5) is 11.4 Å². The lowest BCUT2D eigenvalue weighted by atomic mass is 10.1. The van der Waals surface area contributed by atoms with E-state index in [-0.39, 0.29) is 0 Å². The summed E-state index contributed by atoms with van der Waals surface area (Å²) in [7, 11) is 0. The minimum Gasteiger partial charge on any atom is -0.384 e. The van der Waals surface area contributed by atoms with Crippen LogP contribution in [-0.2, 0) is 19.4 Å². The fourth-order valence-electron chi connectivity index (χ4n) is 3.25. The van der Waals surface area contributed by atoms with Gasteiger partial charge in [0.2, 0.25) is 0 Å². The van der Waals surface area contributed by atoms with Crippen LogP contribution in [0.25, 0.3) is 0 Å². The van der Waals surface area contributed by atoms with Crippen molar-refractivity contribution in [3.8, 4) is 0 Å². The van der Waals surface area contributed by atoms with Gasteiger partial charge in [0.05, 0.1) is 0 Å². The normalized spacial score (nSPS) is 16.1. The highest BCUT2D eigenvalue weighted by Crippen LogP contribution is 2.30. The molecular weight excluding hydrogens is 232 g/mol. The van der Waals surface area contributed by atoms with Gasteiger partial charge in [-0.2, -0.15) is 0 Å². The first-order valence-electron chi connectivity index (χ1n) is 7.09. The molecule has 0 aliphatic carbocycles. The number of para-hydroxylation sites is 1. The van der Waals surface area contributed by atoms with E-state index in [4.69, 9.17) is 0 Å². The molecule has 0 saturated heterocycles. The van der Waals surface area contributed by atoms with Crippen LogP contribution >= 0.6 is 0 Å². The Labute approximate surface area is 114 Å². The van der Waals surface area contributed by atoms with Crippen LogP contribution in [0.3, 0.4) is 0 Å². The monoisotopic (exact) mass is 250 g/mol. The van der Waals surface area contributed by atoms with Crippen LogP contribution in [0.5, 0.6) is 0 Å². The quantitative estimate of drug-likeness (QED) is 0.880. The molecule has 2 aliphatic heterocycles. The zero-order valence-electron chi connectivity index (χ0n) is 11.0. The molecule has 2 aromatic rings. The molecule has 0 bridgehead atoms. The highest BCUT2D eigenvalue weighted by molar-refractivity contribution is 5.60. The maximum absolute atomic E-state index is 3.42. The maximum atomic E-state index is 3.42. The molecule has 2 aliphatic rings. The number of hydrogen-bond donors (Lipinski definition) is 1. The Hall–Kier alpha value is -1.96. The Morgan fingerprint density at radius 3 is 2.95 bits per heavy atom. The summed E-state index contributed by atoms with van der Waals surface area (Å²) in [5.74, 6) is 0. The lowest BCUT2D eigenvalue weighted by molar-refractivity contribution is 0.835.